The largest absolute Gasteiger partial charge is 0.493 e. The third-order valence-corrected chi connectivity index (χ3v) is 5.40. The van der Waals surface area contributed by atoms with Gasteiger partial charge in [-0.15, -0.1) is 0 Å². The van der Waals surface area contributed by atoms with Crippen LogP contribution >= 0.6 is 11.8 Å². The molecule has 0 amide bonds. The number of imidazole rings is 1. The number of nitrogens with zero attached hydrogens (tertiary/aromatic N) is 2. The number of H-pyrrole nitrogens is 1. The first kappa shape index (κ1) is 21.0. The summed E-state index contributed by atoms with van der Waals surface area (Å²) in [7, 11) is 1.55. The number of alkyl halides is 3. The van der Waals surface area contributed by atoms with Crippen LogP contribution in [0.25, 0.3) is 11.0 Å². The molecular formula is C22H18F3N3O2S. The van der Waals surface area contributed by atoms with E-state index < -0.39 is 11.7 Å². The van der Waals surface area contributed by atoms with E-state index in [9.17, 15) is 13.2 Å². The number of nitrogens with one attached hydrogen (secondary N) is 1. The van der Waals surface area contributed by atoms with Crippen LogP contribution in [0.4, 0.5) is 13.2 Å². The number of pyridine rings is 1. The standard InChI is InChI=1S/C22H18F3N3O2S/c1-29-19-10-16(26-11-20(19)30-12-14-5-3-2-4-6-14)13-31-21-27-17-8-7-15(22(23,24)25)9-18(17)28-21/h2-11H,12-13H2,1H3,(H,27,28). The zero-order valence-corrected chi connectivity index (χ0v) is 17.3. The van der Waals surface area contributed by atoms with E-state index in [0.29, 0.717) is 34.5 Å². The molecule has 0 aliphatic carbocycles. The lowest BCUT2D eigenvalue weighted by molar-refractivity contribution is -0.137. The fourth-order valence-electron chi connectivity index (χ4n) is 2.92. The van der Waals surface area contributed by atoms with Crippen molar-refractivity contribution in [1.82, 2.24) is 15.0 Å². The number of thioether (sulfide) groups is 1. The molecule has 1 N–H and O–H groups in total. The van der Waals surface area contributed by atoms with Crippen molar-refractivity contribution in [2.75, 3.05) is 7.11 Å². The smallest absolute Gasteiger partial charge is 0.416 e. The molecule has 0 bridgehead atoms. The summed E-state index contributed by atoms with van der Waals surface area (Å²) in [6, 6.07) is 15.0. The normalized spacial score (nSPS) is 11.6. The summed E-state index contributed by atoms with van der Waals surface area (Å²) in [6.45, 7) is 0.395. The van der Waals surface area contributed by atoms with Gasteiger partial charge in [-0.3, -0.25) is 4.98 Å². The van der Waals surface area contributed by atoms with Crippen molar-refractivity contribution in [3.63, 3.8) is 0 Å². The van der Waals surface area contributed by atoms with Crippen LogP contribution in [0.1, 0.15) is 16.8 Å². The maximum atomic E-state index is 12.9. The first-order valence-electron chi connectivity index (χ1n) is 9.32. The number of fused-ring (bicyclic) bond motifs is 1. The van der Waals surface area contributed by atoms with Gasteiger partial charge in [0.05, 0.1) is 35.6 Å². The summed E-state index contributed by atoms with van der Waals surface area (Å²) in [4.78, 5) is 11.7. The minimum absolute atomic E-state index is 0.271. The SMILES string of the molecule is COc1cc(CSc2nc3cc(C(F)(F)F)ccc3[nH]2)ncc1OCc1ccccc1. The summed E-state index contributed by atoms with van der Waals surface area (Å²) in [5.74, 6) is 1.55. The van der Waals surface area contributed by atoms with Crippen LogP contribution in [0.3, 0.4) is 0 Å². The molecule has 0 aliphatic heterocycles. The van der Waals surface area contributed by atoms with Gasteiger partial charge in [-0.25, -0.2) is 4.98 Å². The highest BCUT2D eigenvalue weighted by molar-refractivity contribution is 7.98. The Bertz CT molecular complexity index is 1180. The Morgan fingerprint density at radius 1 is 1.03 bits per heavy atom. The van der Waals surface area contributed by atoms with E-state index >= 15 is 0 Å². The monoisotopic (exact) mass is 445 g/mol. The topological polar surface area (TPSA) is 60.0 Å². The number of rotatable bonds is 7. The Hall–Kier alpha value is -3.20. The first-order chi connectivity index (χ1) is 14.9. The summed E-state index contributed by atoms with van der Waals surface area (Å²) >= 11 is 1.34. The van der Waals surface area contributed by atoms with Crippen molar-refractivity contribution in [3.8, 4) is 11.5 Å². The molecule has 0 unspecified atom stereocenters. The van der Waals surface area contributed by atoms with Crippen molar-refractivity contribution in [1.29, 1.82) is 0 Å². The maximum absolute atomic E-state index is 12.9. The summed E-state index contributed by atoms with van der Waals surface area (Å²) < 4.78 is 49.8. The summed E-state index contributed by atoms with van der Waals surface area (Å²) in [5, 5.41) is 0.513. The molecule has 4 rings (SSSR count). The van der Waals surface area contributed by atoms with Crippen LogP contribution in [0.15, 0.2) is 66.0 Å². The highest BCUT2D eigenvalue weighted by atomic mass is 32.2. The van der Waals surface area contributed by atoms with Gasteiger partial charge in [0.1, 0.15) is 6.61 Å². The molecule has 0 saturated heterocycles. The molecule has 0 aliphatic rings. The minimum atomic E-state index is -4.40. The number of aromatic amines is 1. The van der Waals surface area contributed by atoms with Crippen LogP contribution in [-0.4, -0.2) is 22.1 Å². The average Bonchev–Trinajstić information content (AvgIpc) is 3.19. The van der Waals surface area contributed by atoms with Crippen molar-refractivity contribution >= 4 is 22.8 Å². The second kappa shape index (κ2) is 8.89. The highest BCUT2D eigenvalue weighted by Crippen LogP contribution is 2.33. The predicted molar refractivity (Wildman–Crippen MR) is 112 cm³/mol. The summed E-state index contributed by atoms with van der Waals surface area (Å²) in [6.07, 6.45) is -2.79. The molecule has 0 atom stereocenters. The third kappa shape index (κ3) is 5.11. The second-order valence-corrected chi connectivity index (χ2v) is 7.63. The van der Waals surface area contributed by atoms with Gasteiger partial charge in [0.2, 0.25) is 0 Å². The Morgan fingerprint density at radius 2 is 1.84 bits per heavy atom. The van der Waals surface area contributed by atoms with Crippen LogP contribution < -0.4 is 9.47 Å². The lowest BCUT2D eigenvalue weighted by Crippen LogP contribution is -2.04. The van der Waals surface area contributed by atoms with Gasteiger partial charge in [0.15, 0.2) is 16.7 Å². The van der Waals surface area contributed by atoms with Crippen molar-refractivity contribution in [2.24, 2.45) is 0 Å². The van der Waals surface area contributed by atoms with Gasteiger partial charge in [-0.2, -0.15) is 13.2 Å². The summed E-state index contributed by atoms with van der Waals surface area (Å²) in [5.41, 5.74) is 1.85. The average molecular weight is 445 g/mol. The second-order valence-electron chi connectivity index (χ2n) is 6.66. The van der Waals surface area contributed by atoms with Gasteiger partial charge < -0.3 is 14.5 Å². The van der Waals surface area contributed by atoms with Crippen molar-refractivity contribution in [2.45, 2.75) is 23.7 Å². The van der Waals surface area contributed by atoms with E-state index in [0.717, 1.165) is 23.4 Å². The van der Waals surface area contributed by atoms with Gasteiger partial charge in [-0.05, 0) is 23.8 Å². The number of hydrogen-bond acceptors (Lipinski definition) is 5. The van der Waals surface area contributed by atoms with Gasteiger partial charge >= 0.3 is 6.18 Å². The number of aromatic nitrogens is 3. The lowest BCUT2D eigenvalue weighted by atomic mass is 10.2. The number of halogens is 3. The third-order valence-electron chi connectivity index (χ3n) is 4.49. The fourth-order valence-corrected chi connectivity index (χ4v) is 3.70. The molecule has 0 radical (unpaired) electrons. The molecule has 0 saturated carbocycles. The Kier molecular flexibility index (Phi) is 6.03. The van der Waals surface area contributed by atoms with E-state index in [1.165, 1.54) is 17.8 Å². The molecule has 5 nitrogen and oxygen atoms in total. The van der Waals surface area contributed by atoms with Crippen LogP contribution in [-0.2, 0) is 18.5 Å². The molecule has 9 heteroatoms. The maximum Gasteiger partial charge on any atom is 0.416 e. The fraction of sp³-hybridized carbons (Fsp3) is 0.182. The van der Waals surface area contributed by atoms with E-state index in [1.54, 1.807) is 19.4 Å². The highest BCUT2D eigenvalue weighted by Gasteiger charge is 2.30. The Balaban J connectivity index is 1.43. The lowest BCUT2D eigenvalue weighted by Gasteiger charge is -2.11. The molecule has 31 heavy (non-hydrogen) atoms. The molecule has 0 spiro atoms. The number of hydrogen-bond donors (Lipinski definition) is 1. The van der Waals surface area contributed by atoms with Gasteiger partial charge in [0.25, 0.3) is 0 Å². The number of benzene rings is 2. The zero-order chi connectivity index (χ0) is 21.8. The van der Waals surface area contributed by atoms with E-state index in [1.807, 2.05) is 30.3 Å². The molecule has 4 aromatic rings. The zero-order valence-electron chi connectivity index (χ0n) is 16.4. The number of ether oxygens (including phenoxy) is 2. The number of methoxy groups -OCH3 is 1. The van der Waals surface area contributed by atoms with Crippen LogP contribution in [0.5, 0.6) is 11.5 Å². The molecule has 2 aromatic heterocycles. The van der Waals surface area contributed by atoms with E-state index in [2.05, 4.69) is 15.0 Å². The van der Waals surface area contributed by atoms with Gasteiger partial charge in [0, 0.05) is 11.8 Å². The minimum Gasteiger partial charge on any atom is -0.493 e. The van der Waals surface area contributed by atoms with E-state index in [-0.39, 0.29) is 5.52 Å². The Morgan fingerprint density at radius 3 is 2.58 bits per heavy atom. The van der Waals surface area contributed by atoms with Crippen molar-refractivity contribution < 1.29 is 22.6 Å². The van der Waals surface area contributed by atoms with E-state index in [4.69, 9.17) is 9.47 Å². The first-order valence-corrected chi connectivity index (χ1v) is 10.3. The Labute approximate surface area is 180 Å². The quantitative estimate of drug-likeness (QED) is 0.361. The molecule has 160 valence electrons. The molecular weight excluding hydrogens is 427 g/mol. The molecule has 2 aromatic carbocycles. The van der Waals surface area contributed by atoms with Crippen LogP contribution in [0.2, 0.25) is 0 Å². The van der Waals surface area contributed by atoms with Gasteiger partial charge in [-0.1, -0.05) is 42.1 Å². The molecule has 0 fully saturated rings. The van der Waals surface area contributed by atoms with Crippen LogP contribution in [0, 0.1) is 0 Å². The predicted octanol–water partition coefficient (Wildman–Crippen LogP) is 5.86. The van der Waals surface area contributed by atoms with Crippen molar-refractivity contribution in [3.05, 3.63) is 77.6 Å². The molecule has 2 heterocycles.